The topological polar surface area (TPSA) is 148 Å². The average Bonchev–Trinajstić information content (AvgIpc) is 3.54. The number of aromatic nitrogens is 3. The van der Waals surface area contributed by atoms with Gasteiger partial charge in [-0.15, -0.1) is 0 Å². The minimum atomic E-state index is -0.603. The zero-order valence-corrected chi connectivity index (χ0v) is 28.1. The molecule has 1 atom stereocenters. The first kappa shape index (κ1) is 34.1. The molecule has 4 N–H and O–H groups in total. The SMILES string of the molecule is COc1nc(-c2cccc(-c3cccc(-c4cc5ncc(CNCCO)cc5cn4)c3Cl)c2Cl)ccc1COC(=O)NCC1CCC(=O)N1. The highest BCUT2D eigenvalue weighted by Crippen LogP contribution is 2.42. The molecule has 1 aliphatic heterocycles. The van der Waals surface area contributed by atoms with Crippen molar-refractivity contribution in [2.75, 3.05) is 26.8 Å². The summed E-state index contributed by atoms with van der Waals surface area (Å²) in [6, 6.07) is 18.8. The molecular formula is C36H34Cl2N6O5. The summed E-state index contributed by atoms with van der Waals surface area (Å²) in [6.07, 6.45) is 4.11. The van der Waals surface area contributed by atoms with Crippen LogP contribution < -0.4 is 20.7 Å². The van der Waals surface area contributed by atoms with Gasteiger partial charge in [0.05, 0.1) is 46.2 Å². The number of aliphatic hydroxyl groups excluding tert-OH is 1. The summed E-state index contributed by atoms with van der Waals surface area (Å²) in [4.78, 5) is 37.6. The number of hydrogen-bond donors (Lipinski definition) is 4. The molecule has 0 saturated carbocycles. The Morgan fingerprint density at radius 3 is 2.41 bits per heavy atom. The van der Waals surface area contributed by atoms with Gasteiger partial charge in [-0.1, -0.05) is 59.6 Å². The molecule has 1 aliphatic rings. The summed E-state index contributed by atoms with van der Waals surface area (Å²) in [6.45, 7) is 1.42. The smallest absolute Gasteiger partial charge is 0.407 e. The first-order chi connectivity index (χ1) is 23.8. The molecule has 4 heterocycles. The van der Waals surface area contributed by atoms with E-state index in [1.54, 1.807) is 24.5 Å². The molecule has 6 rings (SSSR count). The van der Waals surface area contributed by atoms with Crippen LogP contribution in [0, 0.1) is 0 Å². The fourth-order valence-corrected chi connectivity index (χ4v) is 6.29. The Balaban J connectivity index is 1.20. The third-order valence-electron chi connectivity index (χ3n) is 8.15. The summed E-state index contributed by atoms with van der Waals surface area (Å²) in [5, 5.41) is 19.5. The van der Waals surface area contributed by atoms with Gasteiger partial charge in [0.1, 0.15) is 6.61 Å². The number of carbonyl (C=O) groups excluding carboxylic acids is 2. The second-order valence-electron chi connectivity index (χ2n) is 11.5. The van der Waals surface area contributed by atoms with Gasteiger partial charge in [0.25, 0.3) is 0 Å². The molecule has 0 radical (unpaired) electrons. The van der Waals surface area contributed by atoms with Crippen LogP contribution in [0.25, 0.3) is 44.5 Å². The third kappa shape index (κ3) is 7.92. The molecule has 0 aliphatic carbocycles. The maximum Gasteiger partial charge on any atom is 0.407 e. The number of benzene rings is 2. The van der Waals surface area contributed by atoms with E-state index < -0.39 is 6.09 Å². The van der Waals surface area contributed by atoms with Gasteiger partial charge in [-0.05, 0) is 36.2 Å². The molecule has 13 heteroatoms. The Bertz CT molecular complexity index is 2010. The first-order valence-corrected chi connectivity index (χ1v) is 16.5. The van der Waals surface area contributed by atoms with E-state index in [0.29, 0.717) is 76.5 Å². The number of methoxy groups -OCH3 is 1. The lowest BCUT2D eigenvalue weighted by molar-refractivity contribution is -0.119. The van der Waals surface area contributed by atoms with Crippen molar-refractivity contribution in [2.45, 2.75) is 32.0 Å². The number of carbonyl (C=O) groups is 2. The molecule has 2 aromatic carbocycles. The number of nitrogens with zero attached hydrogens (tertiary/aromatic N) is 3. The summed E-state index contributed by atoms with van der Waals surface area (Å²) < 4.78 is 10.9. The fourth-order valence-electron chi connectivity index (χ4n) is 5.64. The Labute approximate surface area is 293 Å². The standard InChI is InChI=1S/C36H34Cl2N6O5/c1-48-35-22(20-49-36(47)42-19-24-9-11-32(46)43-24)8-10-29(44-35)27-6-2-4-25(33(27)37)26-5-3-7-28(34(26)38)31-15-30-23(18-41-31)14-21(17-40-30)16-39-12-13-45/h2-8,10,14-15,17-18,24,39,45H,9,11-13,16,19-20H2,1H3,(H,42,47)(H,43,46). The van der Waals surface area contributed by atoms with Gasteiger partial charge in [0, 0.05) is 72.1 Å². The lowest BCUT2D eigenvalue weighted by Gasteiger charge is -2.15. The van der Waals surface area contributed by atoms with E-state index in [9.17, 15) is 9.59 Å². The lowest BCUT2D eigenvalue weighted by Crippen LogP contribution is -2.38. The van der Waals surface area contributed by atoms with Gasteiger partial charge in [-0.3, -0.25) is 14.8 Å². The van der Waals surface area contributed by atoms with Crippen LogP contribution in [0.1, 0.15) is 24.0 Å². The van der Waals surface area contributed by atoms with Gasteiger partial charge < -0.3 is 30.5 Å². The van der Waals surface area contributed by atoms with E-state index in [2.05, 4.69) is 25.9 Å². The molecule has 2 amide bonds. The molecule has 0 spiro atoms. The zero-order chi connectivity index (χ0) is 34.3. The number of nitrogens with one attached hydrogen (secondary N) is 3. The lowest BCUT2D eigenvalue weighted by atomic mass is 9.98. The Morgan fingerprint density at radius 1 is 0.980 bits per heavy atom. The Morgan fingerprint density at radius 2 is 1.71 bits per heavy atom. The Kier molecular flexibility index (Phi) is 10.8. The largest absolute Gasteiger partial charge is 0.481 e. The van der Waals surface area contributed by atoms with Crippen LogP contribution in [0.2, 0.25) is 10.0 Å². The predicted molar refractivity (Wildman–Crippen MR) is 188 cm³/mol. The van der Waals surface area contributed by atoms with Crippen molar-refractivity contribution >= 4 is 46.1 Å². The summed E-state index contributed by atoms with van der Waals surface area (Å²) >= 11 is 14.1. The van der Waals surface area contributed by atoms with Crippen LogP contribution in [0.5, 0.6) is 5.88 Å². The van der Waals surface area contributed by atoms with Gasteiger partial charge >= 0.3 is 6.09 Å². The van der Waals surface area contributed by atoms with Crippen molar-refractivity contribution < 1.29 is 24.2 Å². The molecule has 5 aromatic rings. The molecule has 11 nitrogen and oxygen atoms in total. The van der Waals surface area contributed by atoms with Crippen molar-refractivity contribution in [3.8, 4) is 39.5 Å². The number of aliphatic hydroxyl groups is 1. The van der Waals surface area contributed by atoms with Crippen LogP contribution in [-0.4, -0.2) is 64.9 Å². The van der Waals surface area contributed by atoms with E-state index in [4.69, 9.17) is 42.8 Å². The number of halogens is 2. The quantitative estimate of drug-likeness (QED) is 0.116. The molecule has 3 aromatic heterocycles. The van der Waals surface area contributed by atoms with Gasteiger partial charge in [-0.2, -0.15) is 0 Å². The summed E-state index contributed by atoms with van der Waals surface area (Å²) in [5.74, 6) is 0.272. The highest BCUT2D eigenvalue weighted by Gasteiger charge is 2.22. The van der Waals surface area contributed by atoms with Crippen molar-refractivity contribution in [1.82, 2.24) is 30.9 Å². The van der Waals surface area contributed by atoms with Crippen molar-refractivity contribution in [2.24, 2.45) is 0 Å². The number of alkyl carbamates (subject to hydrolysis) is 1. The highest BCUT2D eigenvalue weighted by atomic mass is 35.5. The molecule has 1 unspecified atom stereocenters. The minimum Gasteiger partial charge on any atom is -0.481 e. The van der Waals surface area contributed by atoms with Crippen LogP contribution in [0.15, 0.2) is 73.1 Å². The second-order valence-corrected chi connectivity index (χ2v) is 12.2. The molecular weight excluding hydrogens is 667 g/mol. The van der Waals surface area contributed by atoms with E-state index in [1.165, 1.54) is 7.11 Å². The summed E-state index contributed by atoms with van der Waals surface area (Å²) in [7, 11) is 1.49. The van der Waals surface area contributed by atoms with Crippen LogP contribution in [0.3, 0.4) is 0 Å². The van der Waals surface area contributed by atoms with Crippen molar-refractivity contribution in [3.05, 3.63) is 94.2 Å². The molecule has 1 fully saturated rings. The minimum absolute atomic E-state index is 0.0195. The van der Waals surface area contributed by atoms with Gasteiger partial charge in [0.15, 0.2) is 0 Å². The number of fused-ring (bicyclic) bond motifs is 1. The molecule has 0 bridgehead atoms. The number of ether oxygens (including phenoxy) is 2. The van der Waals surface area contributed by atoms with Crippen molar-refractivity contribution in [1.29, 1.82) is 0 Å². The Hall–Kier alpha value is -4.81. The maximum atomic E-state index is 12.3. The van der Waals surface area contributed by atoms with Crippen molar-refractivity contribution in [3.63, 3.8) is 0 Å². The zero-order valence-electron chi connectivity index (χ0n) is 26.6. The van der Waals surface area contributed by atoms with Crippen LogP contribution >= 0.6 is 23.2 Å². The highest BCUT2D eigenvalue weighted by molar-refractivity contribution is 6.39. The first-order valence-electron chi connectivity index (χ1n) is 15.7. The number of rotatable bonds is 12. The molecule has 49 heavy (non-hydrogen) atoms. The van der Waals surface area contributed by atoms with E-state index in [1.807, 2.05) is 48.5 Å². The molecule has 252 valence electrons. The summed E-state index contributed by atoms with van der Waals surface area (Å²) in [5.41, 5.74) is 6.44. The third-order valence-corrected chi connectivity index (χ3v) is 8.96. The van der Waals surface area contributed by atoms with Crippen LogP contribution in [0.4, 0.5) is 4.79 Å². The van der Waals surface area contributed by atoms with Gasteiger partial charge in [0.2, 0.25) is 11.8 Å². The van der Waals surface area contributed by atoms with E-state index in [0.717, 1.165) is 27.6 Å². The second kappa shape index (κ2) is 15.6. The average molecular weight is 702 g/mol. The van der Waals surface area contributed by atoms with E-state index in [-0.39, 0.29) is 25.2 Å². The molecule has 1 saturated heterocycles. The van der Waals surface area contributed by atoms with E-state index >= 15 is 0 Å². The number of pyridine rings is 3. The monoisotopic (exact) mass is 700 g/mol. The maximum absolute atomic E-state index is 12.3. The fraction of sp³-hybridized carbons (Fsp3) is 0.250. The number of hydrogen-bond acceptors (Lipinski definition) is 9. The van der Waals surface area contributed by atoms with Gasteiger partial charge in [-0.25, -0.2) is 9.78 Å². The predicted octanol–water partition coefficient (Wildman–Crippen LogP) is 5.93. The number of amides is 2. The normalized spacial score (nSPS) is 14.1. The van der Waals surface area contributed by atoms with Crippen LogP contribution in [-0.2, 0) is 22.7 Å².